The second-order valence-electron chi connectivity index (χ2n) is 1.60. The minimum Gasteiger partial charge on any atom is -0.565 e. The summed E-state index contributed by atoms with van der Waals surface area (Å²) in [6.07, 6.45) is -12.5. The summed E-state index contributed by atoms with van der Waals surface area (Å²) in [6, 6.07) is 0. The molecule has 0 aromatic heterocycles. The van der Waals surface area contributed by atoms with Crippen LogP contribution in [0.4, 0.5) is 28.8 Å². The summed E-state index contributed by atoms with van der Waals surface area (Å²) >= 11 is 0. The second-order valence-corrected chi connectivity index (χ2v) is 1.60. The Bertz CT molecular complexity index is 257. The van der Waals surface area contributed by atoms with E-state index in [1.807, 2.05) is 0 Å². The SMILES string of the molecule is O=C([O-])O.O=C([O-])O.O=C([O-])O.O=C([O-])O.O=C([O-])O.O=C([O-])O.[Mo+6]. The van der Waals surface area contributed by atoms with Gasteiger partial charge in [0.2, 0.25) is 36.9 Å². The molecule has 0 aromatic carbocycles. The van der Waals surface area contributed by atoms with Gasteiger partial charge in [-0.25, -0.2) is 0 Å². The molecule has 0 rings (SSSR count). The number of carbonyl (C=O) groups is 6. The third kappa shape index (κ3) is 499. The molecule has 18 nitrogen and oxygen atoms in total. The van der Waals surface area contributed by atoms with Crippen LogP contribution < -0.4 is 30.6 Å². The minimum absolute atomic E-state index is 0. The standard InChI is InChI=1S/6CH2O3.Mo/c6*2-1(3)4;/h6*(H2,2,3,4);/q;;;;;;+6/p-6. The number of carboxylic acid groups (broad SMARTS) is 12. The van der Waals surface area contributed by atoms with E-state index in [0.29, 0.717) is 0 Å². The Balaban J connectivity index is -0.0000000309. The van der Waals surface area contributed by atoms with Gasteiger partial charge < -0.3 is 90.0 Å². The molecule has 6 N–H and O–H groups in total. The smallest absolute Gasteiger partial charge is 0.565 e. The van der Waals surface area contributed by atoms with Gasteiger partial charge in [0, 0.05) is 0 Å². The minimum atomic E-state index is -2.08. The summed E-state index contributed by atoms with van der Waals surface area (Å²) in [4.78, 5) is 50.7. The van der Waals surface area contributed by atoms with Gasteiger partial charge in [-0.3, -0.25) is 0 Å². The van der Waals surface area contributed by atoms with Gasteiger partial charge in [-0.2, -0.15) is 0 Å². The van der Waals surface area contributed by atoms with Crippen molar-refractivity contribution in [2.75, 3.05) is 0 Å². The van der Waals surface area contributed by atoms with Gasteiger partial charge in [-0.15, -0.1) is 0 Å². The molecule has 0 amide bonds. The molecule has 0 atom stereocenters. The number of hydrogen-bond acceptors (Lipinski definition) is 12. The van der Waals surface area contributed by atoms with E-state index < -0.39 is 36.9 Å². The van der Waals surface area contributed by atoms with Crippen LogP contribution in [0, 0.1) is 0 Å². The zero-order valence-electron chi connectivity index (χ0n) is 11.0. The average molecular weight is 462 g/mol. The van der Waals surface area contributed by atoms with Crippen molar-refractivity contribution in [3.05, 3.63) is 0 Å². The van der Waals surface area contributed by atoms with Gasteiger partial charge in [-0.05, 0) is 0 Å². The molecular formula is C6H6MoO18. The normalized spacial score (nSPS) is 5.76. The van der Waals surface area contributed by atoms with Gasteiger partial charge in [0.1, 0.15) is 0 Å². The Kier molecular flexibility index (Phi) is 63.5. The van der Waals surface area contributed by atoms with E-state index in [1.54, 1.807) is 0 Å². The first-order valence-electron chi connectivity index (χ1n) is 3.79. The summed E-state index contributed by atoms with van der Waals surface area (Å²) in [6.45, 7) is 0. The Morgan fingerprint density at radius 1 is 0.360 bits per heavy atom. The summed E-state index contributed by atoms with van der Waals surface area (Å²) in [5.74, 6) is 0. The molecule has 0 aliphatic carbocycles. The molecule has 0 bridgehead atoms. The fourth-order valence-electron chi connectivity index (χ4n) is 0. The van der Waals surface area contributed by atoms with Gasteiger partial charge in [0.15, 0.2) is 0 Å². The Morgan fingerprint density at radius 2 is 0.360 bits per heavy atom. The molecule has 0 aliphatic heterocycles. The van der Waals surface area contributed by atoms with E-state index in [9.17, 15) is 0 Å². The van der Waals surface area contributed by atoms with E-state index in [-0.39, 0.29) is 21.1 Å². The molecule has 0 fully saturated rings. The molecule has 0 aliphatic rings. The van der Waals surface area contributed by atoms with E-state index in [2.05, 4.69) is 0 Å². The summed E-state index contributed by atoms with van der Waals surface area (Å²) in [5.41, 5.74) is 0. The van der Waals surface area contributed by atoms with Crippen LogP contribution >= 0.6 is 0 Å². The first-order valence-corrected chi connectivity index (χ1v) is 3.79. The Morgan fingerprint density at radius 3 is 0.360 bits per heavy atom. The molecule has 25 heavy (non-hydrogen) atoms. The predicted octanol–water partition coefficient (Wildman–Crippen LogP) is -6.68. The summed E-state index contributed by atoms with van der Waals surface area (Å²) in [7, 11) is 0. The first-order chi connectivity index (χ1) is 10.4. The van der Waals surface area contributed by atoms with Crippen LogP contribution in [0.1, 0.15) is 0 Å². The van der Waals surface area contributed by atoms with E-state index >= 15 is 0 Å². The quantitative estimate of drug-likeness (QED) is 0.182. The zero-order chi connectivity index (χ0) is 21.5. The van der Waals surface area contributed by atoms with Crippen LogP contribution in [0.25, 0.3) is 0 Å². The molecule has 0 radical (unpaired) electrons. The van der Waals surface area contributed by atoms with Gasteiger partial charge >= 0.3 is 21.1 Å². The maximum atomic E-state index is 8.44. The maximum Gasteiger partial charge on any atom is 6.00 e. The molecule has 19 heteroatoms. The molecule has 0 saturated heterocycles. The van der Waals surface area contributed by atoms with Crippen molar-refractivity contribution in [2.45, 2.75) is 0 Å². The zero-order valence-corrected chi connectivity index (χ0v) is 13.0. The van der Waals surface area contributed by atoms with Crippen molar-refractivity contribution in [1.29, 1.82) is 0 Å². The molecule has 0 aromatic rings. The van der Waals surface area contributed by atoms with Crippen molar-refractivity contribution in [2.24, 2.45) is 0 Å². The second kappa shape index (κ2) is 37.0. The topological polar surface area (TPSA) is 362 Å². The molecule has 0 heterocycles. The Hall–Kier alpha value is -3.69. The predicted molar refractivity (Wildman–Crippen MR) is 48.1 cm³/mol. The third-order valence-electron chi connectivity index (χ3n) is 0. The van der Waals surface area contributed by atoms with Crippen molar-refractivity contribution < 1.29 is 111 Å². The molecule has 0 saturated carbocycles. The fraction of sp³-hybridized carbons (Fsp3) is 0. The average Bonchev–Trinajstić information content (AvgIpc) is 2.08. The van der Waals surface area contributed by atoms with Crippen LogP contribution in [0.15, 0.2) is 0 Å². The summed E-state index contributed by atoms with van der Waals surface area (Å²) in [5, 5.41) is 91.8. The molecule has 0 spiro atoms. The van der Waals surface area contributed by atoms with Crippen molar-refractivity contribution >= 4 is 36.9 Å². The third-order valence-corrected chi connectivity index (χ3v) is 0. The van der Waals surface area contributed by atoms with E-state index in [1.165, 1.54) is 0 Å². The van der Waals surface area contributed by atoms with Crippen molar-refractivity contribution in [3.8, 4) is 0 Å². The molecule has 144 valence electrons. The van der Waals surface area contributed by atoms with Gasteiger partial charge in [0.25, 0.3) is 0 Å². The van der Waals surface area contributed by atoms with Crippen molar-refractivity contribution in [1.82, 2.24) is 0 Å². The van der Waals surface area contributed by atoms with Crippen LogP contribution in [0.3, 0.4) is 0 Å². The number of hydrogen-bond donors (Lipinski definition) is 6. The van der Waals surface area contributed by atoms with Crippen LogP contribution in [-0.2, 0) is 21.1 Å². The van der Waals surface area contributed by atoms with E-state index in [4.69, 9.17) is 90.0 Å². The molecular weight excluding hydrogens is 456 g/mol. The first kappa shape index (κ1) is 42.9. The van der Waals surface area contributed by atoms with Gasteiger partial charge in [0.05, 0.1) is 0 Å². The van der Waals surface area contributed by atoms with Crippen LogP contribution in [0.5, 0.6) is 0 Å². The van der Waals surface area contributed by atoms with Crippen LogP contribution in [-0.4, -0.2) is 67.6 Å². The maximum absolute atomic E-state index is 8.44. The van der Waals surface area contributed by atoms with Crippen molar-refractivity contribution in [3.63, 3.8) is 0 Å². The number of rotatable bonds is 0. The largest absolute Gasteiger partial charge is 6.00 e. The summed E-state index contributed by atoms with van der Waals surface area (Å²) < 4.78 is 0. The van der Waals surface area contributed by atoms with Crippen LogP contribution in [0.2, 0.25) is 0 Å². The monoisotopic (exact) mass is 464 g/mol. The Labute approximate surface area is 148 Å². The fourth-order valence-corrected chi connectivity index (χ4v) is 0. The van der Waals surface area contributed by atoms with E-state index in [0.717, 1.165) is 0 Å². The van der Waals surface area contributed by atoms with Gasteiger partial charge in [-0.1, -0.05) is 0 Å². The molecule has 0 unspecified atom stereocenters.